The van der Waals surface area contributed by atoms with Crippen molar-refractivity contribution in [2.75, 3.05) is 20.2 Å². The summed E-state index contributed by atoms with van der Waals surface area (Å²) in [6.07, 6.45) is 0.0878. The van der Waals surface area contributed by atoms with Gasteiger partial charge < -0.3 is 24.2 Å². The molecular formula is C19H29NO5. The summed E-state index contributed by atoms with van der Waals surface area (Å²) < 4.78 is 16.5. The number of hydrogen-bond donors (Lipinski definition) is 1. The predicted molar refractivity (Wildman–Crippen MR) is 94.6 cm³/mol. The Bertz CT molecular complexity index is 552. The zero-order valence-electron chi connectivity index (χ0n) is 15.5. The Morgan fingerprint density at radius 2 is 1.96 bits per heavy atom. The molecule has 1 aliphatic rings. The lowest BCUT2D eigenvalue weighted by Crippen LogP contribution is -2.40. The van der Waals surface area contributed by atoms with Crippen LogP contribution in [0.5, 0.6) is 5.75 Å². The molecule has 0 saturated carbocycles. The topological polar surface area (TPSA) is 68.2 Å². The zero-order valence-corrected chi connectivity index (χ0v) is 15.5. The number of rotatable bonds is 4. The summed E-state index contributed by atoms with van der Waals surface area (Å²) >= 11 is 0. The Hall–Kier alpha value is -1.79. The second-order valence-corrected chi connectivity index (χ2v) is 7.39. The molecule has 1 heterocycles. The number of methoxy groups -OCH3 is 1. The summed E-state index contributed by atoms with van der Waals surface area (Å²) in [7, 11) is 1.63. The molecule has 1 fully saturated rings. The number of nitrogens with zero attached hydrogens (tertiary/aromatic N) is 1. The van der Waals surface area contributed by atoms with Crippen LogP contribution in [-0.2, 0) is 16.1 Å². The average molecular weight is 351 g/mol. The maximum atomic E-state index is 12.2. The van der Waals surface area contributed by atoms with E-state index >= 15 is 0 Å². The van der Waals surface area contributed by atoms with Crippen LogP contribution in [0.15, 0.2) is 24.3 Å². The van der Waals surface area contributed by atoms with E-state index in [0.29, 0.717) is 26.0 Å². The molecule has 140 valence electrons. The molecule has 1 aromatic carbocycles. The van der Waals surface area contributed by atoms with E-state index in [9.17, 15) is 9.90 Å². The Kier molecular flexibility index (Phi) is 6.67. The van der Waals surface area contributed by atoms with Crippen molar-refractivity contribution < 1.29 is 24.1 Å². The summed E-state index contributed by atoms with van der Waals surface area (Å²) in [5.74, 6) is 0.807. The highest BCUT2D eigenvalue weighted by Crippen LogP contribution is 2.20. The first kappa shape index (κ1) is 19.5. The number of aliphatic hydroxyl groups excluding tert-OH is 1. The maximum absolute atomic E-state index is 12.2. The molecule has 2 rings (SSSR count). The first-order valence-corrected chi connectivity index (χ1v) is 8.67. The molecule has 1 amide bonds. The van der Waals surface area contributed by atoms with Crippen molar-refractivity contribution in [3.8, 4) is 5.75 Å². The number of likely N-dealkylation sites (tertiary alicyclic amines) is 1. The number of carbonyl (C=O) groups excluding carboxylic acids is 1. The second-order valence-electron chi connectivity index (χ2n) is 7.39. The van der Waals surface area contributed by atoms with Crippen molar-refractivity contribution >= 4 is 6.09 Å². The second kappa shape index (κ2) is 8.54. The van der Waals surface area contributed by atoms with E-state index in [1.165, 1.54) is 0 Å². The smallest absolute Gasteiger partial charge is 0.410 e. The van der Waals surface area contributed by atoms with Gasteiger partial charge in [-0.3, -0.25) is 0 Å². The minimum Gasteiger partial charge on any atom is -0.497 e. The molecule has 1 aliphatic heterocycles. The molecule has 0 bridgehead atoms. The first-order valence-electron chi connectivity index (χ1n) is 8.67. The highest BCUT2D eigenvalue weighted by atomic mass is 16.6. The van der Waals surface area contributed by atoms with Gasteiger partial charge in [-0.15, -0.1) is 0 Å². The summed E-state index contributed by atoms with van der Waals surface area (Å²) in [4.78, 5) is 13.8. The Morgan fingerprint density at radius 1 is 1.28 bits per heavy atom. The van der Waals surface area contributed by atoms with Crippen molar-refractivity contribution in [3.63, 3.8) is 0 Å². The highest BCUT2D eigenvalue weighted by molar-refractivity contribution is 5.68. The fraction of sp³-hybridized carbons (Fsp3) is 0.632. The molecule has 6 nitrogen and oxygen atoms in total. The van der Waals surface area contributed by atoms with Gasteiger partial charge >= 0.3 is 6.09 Å². The van der Waals surface area contributed by atoms with E-state index < -0.39 is 11.7 Å². The lowest BCUT2D eigenvalue weighted by molar-refractivity contribution is 0.00778. The Balaban J connectivity index is 1.86. The largest absolute Gasteiger partial charge is 0.497 e. The molecule has 6 heteroatoms. The van der Waals surface area contributed by atoms with E-state index in [0.717, 1.165) is 11.3 Å². The minimum absolute atomic E-state index is 0.0930. The van der Waals surface area contributed by atoms with Gasteiger partial charge in [-0.25, -0.2) is 4.79 Å². The predicted octanol–water partition coefficient (Wildman–Crippen LogP) is 2.97. The SMILES string of the molecule is COc1ccc(CO[C@@H]2CCN(C(=O)OC(C)(C)C)C[C@@H](O)C2)cc1. The van der Waals surface area contributed by atoms with Crippen molar-refractivity contribution in [2.24, 2.45) is 0 Å². The Labute approximate surface area is 149 Å². The lowest BCUT2D eigenvalue weighted by atomic mass is 10.1. The third-order valence-corrected chi connectivity index (χ3v) is 3.98. The summed E-state index contributed by atoms with van der Waals surface area (Å²) in [5.41, 5.74) is 0.502. The van der Waals surface area contributed by atoms with Gasteiger partial charge in [-0.1, -0.05) is 12.1 Å². The van der Waals surface area contributed by atoms with E-state index in [1.807, 2.05) is 45.0 Å². The number of amides is 1. The molecule has 25 heavy (non-hydrogen) atoms. The molecule has 0 aromatic heterocycles. The molecule has 1 saturated heterocycles. The van der Waals surface area contributed by atoms with Gasteiger partial charge in [-0.05, 0) is 44.9 Å². The van der Waals surface area contributed by atoms with Gasteiger partial charge in [0.1, 0.15) is 11.4 Å². The molecule has 0 spiro atoms. The number of hydrogen-bond acceptors (Lipinski definition) is 5. The summed E-state index contributed by atoms with van der Waals surface area (Å²) in [6, 6.07) is 7.70. The van der Waals surface area contributed by atoms with Gasteiger partial charge in [-0.2, -0.15) is 0 Å². The molecule has 1 aromatic rings. The van der Waals surface area contributed by atoms with Crippen LogP contribution in [-0.4, -0.2) is 54.1 Å². The van der Waals surface area contributed by atoms with Crippen LogP contribution in [0.4, 0.5) is 4.79 Å². The lowest BCUT2D eigenvalue weighted by Gasteiger charge is -2.27. The quantitative estimate of drug-likeness (QED) is 0.903. The van der Waals surface area contributed by atoms with Crippen molar-refractivity contribution in [3.05, 3.63) is 29.8 Å². The summed E-state index contributed by atoms with van der Waals surface area (Å²) in [6.45, 7) is 6.75. The van der Waals surface area contributed by atoms with Crippen molar-refractivity contribution in [1.82, 2.24) is 4.90 Å². The zero-order chi connectivity index (χ0) is 18.4. The van der Waals surface area contributed by atoms with Crippen LogP contribution in [0.2, 0.25) is 0 Å². The summed E-state index contributed by atoms with van der Waals surface area (Å²) in [5, 5.41) is 10.2. The number of carbonyl (C=O) groups is 1. The number of ether oxygens (including phenoxy) is 3. The van der Waals surface area contributed by atoms with E-state index in [-0.39, 0.29) is 18.7 Å². The van der Waals surface area contributed by atoms with E-state index in [2.05, 4.69) is 0 Å². The monoisotopic (exact) mass is 351 g/mol. The molecule has 0 aliphatic carbocycles. The number of aliphatic hydroxyl groups is 1. The molecule has 1 N–H and O–H groups in total. The third kappa shape index (κ3) is 6.55. The standard InChI is InChI=1S/C19H29NO5/c1-19(2,3)25-18(22)20-10-9-17(11-15(21)12-20)24-13-14-5-7-16(23-4)8-6-14/h5-8,15,17,21H,9-13H2,1-4H3/t15-,17+/m0/s1. The van der Waals surface area contributed by atoms with E-state index in [1.54, 1.807) is 12.0 Å². The first-order chi connectivity index (χ1) is 11.8. The fourth-order valence-corrected chi connectivity index (χ4v) is 2.72. The van der Waals surface area contributed by atoms with Crippen molar-refractivity contribution in [2.45, 2.75) is 58.0 Å². The van der Waals surface area contributed by atoms with E-state index in [4.69, 9.17) is 14.2 Å². The van der Waals surface area contributed by atoms with Crippen LogP contribution in [0.1, 0.15) is 39.2 Å². The van der Waals surface area contributed by atoms with Gasteiger partial charge in [0.05, 0.1) is 32.5 Å². The van der Waals surface area contributed by atoms with Gasteiger partial charge in [0.25, 0.3) is 0 Å². The minimum atomic E-state index is -0.615. The van der Waals surface area contributed by atoms with Crippen LogP contribution in [0, 0.1) is 0 Å². The van der Waals surface area contributed by atoms with Crippen LogP contribution >= 0.6 is 0 Å². The third-order valence-electron chi connectivity index (χ3n) is 3.98. The van der Waals surface area contributed by atoms with Crippen LogP contribution < -0.4 is 4.74 Å². The van der Waals surface area contributed by atoms with Crippen molar-refractivity contribution in [1.29, 1.82) is 0 Å². The average Bonchev–Trinajstić information content (AvgIpc) is 2.73. The molecule has 0 unspecified atom stereocenters. The van der Waals surface area contributed by atoms with Gasteiger partial charge in [0, 0.05) is 13.0 Å². The highest BCUT2D eigenvalue weighted by Gasteiger charge is 2.29. The molecular weight excluding hydrogens is 322 g/mol. The Morgan fingerprint density at radius 3 is 2.56 bits per heavy atom. The number of β-amino-alcohol motifs (C(OH)–C–C–N with tert-alkyl or cyclic N) is 1. The van der Waals surface area contributed by atoms with Crippen LogP contribution in [0.25, 0.3) is 0 Å². The van der Waals surface area contributed by atoms with Gasteiger partial charge in [0.2, 0.25) is 0 Å². The fourth-order valence-electron chi connectivity index (χ4n) is 2.72. The van der Waals surface area contributed by atoms with Gasteiger partial charge in [0.15, 0.2) is 0 Å². The molecule has 0 radical (unpaired) electrons. The molecule has 2 atom stereocenters. The maximum Gasteiger partial charge on any atom is 0.410 e. The normalized spacial score (nSPS) is 21.6. The number of benzene rings is 1. The van der Waals surface area contributed by atoms with Crippen LogP contribution in [0.3, 0.4) is 0 Å².